The topological polar surface area (TPSA) is 53.1 Å². The molecule has 6 nitrogen and oxygen atoms in total. The zero-order chi connectivity index (χ0) is 29.0. The van der Waals surface area contributed by atoms with E-state index < -0.39 is 5.60 Å². The Balaban J connectivity index is 0.00000405. The second-order valence-electron chi connectivity index (χ2n) is 11.2. The van der Waals surface area contributed by atoms with Gasteiger partial charge in [-0.25, -0.2) is 0 Å². The Labute approximate surface area is 264 Å². The second-order valence-corrected chi connectivity index (χ2v) is 12.0. The smallest absolute Gasteiger partial charge is 0.249 e. The highest BCUT2D eigenvalue weighted by Crippen LogP contribution is 2.40. The third-order valence-electron chi connectivity index (χ3n) is 8.87. The highest BCUT2D eigenvalue weighted by molar-refractivity contribution is 6.42. The SMILES string of the molecule is CC(=O)N(C)C1(c2ccccc2)CCN(CCC2(c3ccc(Cl)c(Cl)c3)CN(Cc3ccccc3)C(=O)CO2)CC1.Cl. The molecule has 2 fully saturated rings. The zero-order valence-corrected chi connectivity index (χ0v) is 26.4. The summed E-state index contributed by atoms with van der Waals surface area (Å²) in [4.78, 5) is 31.7. The summed E-state index contributed by atoms with van der Waals surface area (Å²) in [5.41, 5.74) is 2.13. The minimum Gasteiger partial charge on any atom is -0.359 e. The number of amides is 2. The van der Waals surface area contributed by atoms with Crippen LogP contribution in [0.25, 0.3) is 0 Å². The Bertz CT molecular complexity index is 1370. The van der Waals surface area contributed by atoms with Crippen LogP contribution >= 0.6 is 35.6 Å². The number of piperidine rings is 1. The molecule has 2 saturated heterocycles. The maximum Gasteiger partial charge on any atom is 0.249 e. The first kappa shape index (κ1) is 32.3. The van der Waals surface area contributed by atoms with Crippen LogP contribution in [0, 0.1) is 0 Å². The van der Waals surface area contributed by atoms with Gasteiger partial charge in [0.1, 0.15) is 12.2 Å². The summed E-state index contributed by atoms with van der Waals surface area (Å²) in [5.74, 6) is 0.0436. The molecular weight excluding hydrogens is 593 g/mol. The molecular formula is C33H38Cl3N3O3. The molecule has 0 N–H and O–H groups in total. The molecule has 5 rings (SSSR count). The summed E-state index contributed by atoms with van der Waals surface area (Å²) in [6, 6.07) is 26.0. The monoisotopic (exact) mass is 629 g/mol. The van der Waals surface area contributed by atoms with Crippen LogP contribution in [0.4, 0.5) is 0 Å². The first-order valence-electron chi connectivity index (χ1n) is 14.2. The summed E-state index contributed by atoms with van der Waals surface area (Å²) >= 11 is 12.7. The lowest BCUT2D eigenvalue weighted by Crippen LogP contribution is -2.55. The molecule has 2 aliphatic rings. The van der Waals surface area contributed by atoms with E-state index in [4.69, 9.17) is 27.9 Å². The minimum atomic E-state index is -0.721. The quantitative estimate of drug-likeness (QED) is 0.284. The fourth-order valence-electron chi connectivity index (χ4n) is 6.28. The Morgan fingerprint density at radius 2 is 1.57 bits per heavy atom. The lowest BCUT2D eigenvalue weighted by atomic mass is 9.79. The van der Waals surface area contributed by atoms with Gasteiger partial charge in [-0.15, -0.1) is 12.4 Å². The molecule has 0 saturated carbocycles. The maximum absolute atomic E-state index is 13.0. The van der Waals surface area contributed by atoms with Crippen molar-refractivity contribution in [1.29, 1.82) is 0 Å². The van der Waals surface area contributed by atoms with Gasteiger partial charge >= 0.3 is 0 Å². The first-order chi connectivity index (χ1) is 19.7. The van der Waals surface area contributed by atoms with E-state index in [0.29, 0.717) is 29.6 Å². The molecule has 42 heavy (non-hydrogen) atoms. The van der Waals surface area contributed by atoms with Crippen LogP contribution in [-0.4, -0.2) is 66.3 Å². The number of likely N-dealkylation sites (tertiary alicyclic amines) is 1. The van der Waals surface area contributed by atoms with E-state index in [1.165, 1.54) is 5.56 Å². The molecule has 0 spiro atoms. The Hall–Kier alpha value is -2.61. The van der Waals surface area contributed by atoms with Gasteiger partial charge in [0.25, 0.3) is 0 Å². The van der Waals surface area contributed by atoms with Crippen molar-refractivity contribution in [3.05, 3.63) is 106 Å². The third kappa shape index (κ3) is 6.79. The number of rotatable bonds is 8. The fraction of sp³-hybridized carbons (Fsp3) is 0.394. The summed E-state index contributed by atoms with van der Waals surface area (Å²) in [7, 11) is 1.92. The summed E-state index contributed by atoms with van der Waals surface area (Å²) in [6.45, 7) is 5.06. The van der Waals surface area contributed by atoms with Gasteiger partial charge in [-0.2, -0.15) is 0 Å². The van der Waals surface area contributed by atoms with Gasteiger partial charge in [0.05, 0.1) is 22.1 Å². The molecule has 2 heterocycles. The number of hydrogen-bond acceptors (Lipinski definition) is 4. The van der Waals surface area contributed by atoms with Crippen LogP contribution in [-0.2, 0) is 32.0 Å². The number of nitrogens with zero attached hydrogens (tertiary/aromatic N) is 3. The van der Waals surface area contributed by atoms with Crippen molar-refractivity contribution in [2.24, 2.45) is 0 Å². The lowest BCUT2D eigenvalue weighted by Gasteiger charge is -2.48. The normalized spacial score (nSPS) is 20.6. The number of hydrogen-bond donors (Lipinski definition) is 0. The number of carbonyl (C=O) groups is 2. The number of carbonyl (C=O) groups excluding carboxylic acids is 2. The highest BCUT2D eigenvalue weighted by atomic mass is 35.5. The first-order valence-corrected chi connectivity index (χ1v) is 14.9. The average molecular weight is 631 g/mol. The number of morpholine rings is 1. The van der Waals surface area contributed by atoms with Crippen LogP contribution in [0.3, 0.4) is 0 Å². The molecule has 0 aliphatic carbocycles. The fourth-order valence-corrected chi connectivity index (χ4v) is 6.58. The van der Waals surface area contributed by atoms with Gasteiger partial charge in [-0.1, -0.05) is 89.9 Å². The predicted molar refractivity (Wildman–Crippen MR) is 170 cm³/mol. The van der Waals surface area contributed by atoms with E-state index in [0.717, 1.165) is 43.6 Å². The summed E-state index contributed by atoms with van der Waals surface area (Å²) in [5, 5.41) is 0.956. The van der Waals surface area contributed by atoms with Crippen molar-refractivity contribution in [2.75, 3.05) is 39.8 Å². The van der Waals surface area contributed by atoms with Crippen molar-refractivity contribution >= 4 is 47.4 Å². The average Bonchev–Trinajstić information content (AvgIpc) is 3.00. The molecule has 2 aliphatic heterocycles. The van der Waals surface area contributed by atoms with Crippen molar-refractivity contribution in [2.45, 2.75) is 43.9 Å². The van der Waals surface area contributed by atoms with Crippen molar-refractivity contribution < 1.29 is 14.3 Å². The highest BCUT2D eigenvalue weighted by Gasteiger charge is 2.44. The summed E-state index contributed by atoms with van der Waals surface area (Å²) < 4.78 is 6.43. The van der Waals surface area contributed by atoms with Crippen molar-refractivity contribution in [1.82, 2.24) is 14.7 Å². The van der Waals surface area contributed by atoms with E-state index in [2.05, 4.69) is 17.0 Å². The number of halogens is 3. The van der Waals surface area contributed by atoms with E-state index in [-0.39, 0.29) is 36.4 Å². The van der Waals surface area contributed by atoms with E-state index in [9.17, 15) is 9.59 Å². The predicted octanol–water partition coefficient (Wildman–Crippen LogP) is 6.53. The standard InChI is InChI=1S/C33H37Cl2N3O3.ClH/c1-25(39)36(2)32(27-11-7-4-8-12-27)15-18-37(19-16-32)20-17-33(28-13-14-29(34)30(35)21-28)24-38(31(40)23-41-33)22-26-9-5-3-6-10-26;/h3-14,21H,15-20,22-24H2,1-2H3;1H. The van der Waals surface area contributed by atoms with Crippen LogP contribution < -0.4 is 0 Å². The molecule has 224 valence electrons. The molecule has 1 unspecified atom stereocenters. The molecule has 3 aromatic carbocycles. The van der Waals surface area contributed by atoms with Gasteiger partial charge in [0.15, 0.2) is 0 Å². The van der Waals surface area contributed by atoms with Crippen LogP contribution in [0.5, 0.6) is 0 Å². The largest absolute Gasteiger partial charge is 0.359 e. The number of benzene rings is 3. The molecule has 2 amide bonds. The van der Waals surface area contributed by atoms with Crippen LogP contribution in [0.2, 0.25) is 10.0 Å². The Morgan fingerprint density at radius 3 is 2.19 bits per heavy atom. The molecule has 0 aromatic heterocycles. The van der Waals surface area contributed by atoms with Gasteiger partial charge in [-0.05, 0) is 48.1 Å². The molecule has 1 atom stereocenters. The van der Waals surface area contributed by atoms with E-state index in [1.807, 2.05) is 77.5 Å². The molecule has 0 radical (unpaired) electrons. The van der Waals surface area contributed by atoms with Gasteiger partial charge in [-0.3, -0.25) is 9.59 Å². The summed E-state index contributed by atoms with van der Waals surface area (Å²) in [6.07, 6.45) is 2.36. The maximum atomic E-state index is 13.0. The second kappa shape index (κ2) is 13.8. The van der Waals surface area contributed by atoms with Crippen LogP contribution in [0.15, 0.2) is 78.9 Å². The molecule has 0 bridgehead atoms. The minimum absolute atomic E-state index is 0. The number of ether oxygens (including phenoxy) is 1. The van der Waals surface area contributed by atoms with Gasteiger partial charge < -0.3 is 19.4 Å². The van der Waals surface area contributed by atoms with E-state index in [1.54, 1.807) is 13.0 Å². The van der Waals surface area contributed by atoms with E-state index >= 15 is 0 Å². The Morgan fingerprint density at radius 1 is 0.929 bits per heavy atom. The zero-order valence-electron chi connectivity index (χ0n) is 24.1. The lowest BCUT2D eigenvalue weighted by molar-refractivity contribution is -0.169. The van der Waals surface area contributed by atoms with Gasteiger partial charge in [0.2, 0.25) is 11.8 Å². The van der Waals surface area contributed by atoms with Crippen molar-refractivity contribution in [3.8, 4) is 0 Å². The molecule has 3 aromatic rings. The Kier molecular flexibility index (Phi) is 10.6. The molecule has 9 heteroatoms. The third-order valence-corrected chi connectivity index (χ3v) is 9.61. The van der Waals surface area contributed by atoms with Crippen molar-refractivity contribution in [3.63, 3.8) is 0 Å². The van der Waals surface area contributed by atoms with Crippen LogP contribution in [0.1, 0.15) is 42.9 Å². The van der Waals surface area contributed by atoms with Gasteiger partial charge in [0, 0.05) is 40.2 Å².